The maximum Gasteiger partial charge on any atom is 0.338 e. The van der Waals surface area contributed by atoms with Crippen molar-refractivity contribution in [1.82, 2.24) is 4.90 Å². The number of nitro benzene ring substituents is 1. The number of carbonyl (C=O) groups is 1. The number of fused-ring (bicyclic) bond motifs is 2. The predicted molar refractivity (Wildman–Crippen MR) is 141 cm³/mol. The third kappa shape index (κ3) is 4.97. The van der Waals surface area contributed by atoms with Gasteiger partial charge in [0.05, 0.1) is 22.2 Å². The largest absolute Gasteiger partial charge is 0.486 e. The molecule has 3 aromatic carbocycles. The van der Waals surface area contributed by atoms with Crippen LogP contribution in [-0.4, -0.2) is 61.2 Å². The first-order chi connectivity index (χ1) is 18.9. The van der Waals surface area contributed by atoms with E-state index in [1.807, 2.05) is 6.07 Å². The van der Waals surface area contributed by atoms with Crippen molar-refractivity contribution in [3.63, 3.8) is 0 Å². The lowest BCUT2D eigenvalue weighted by Crippen LogP contribution is -2.52. The number of non-ortho nitro benzene ring substituents is 1. The molecular weight excluding hydrogens is 529 g/mol. The van der Waals surface area contributed by atoms with Gasteiger partial charge in [0.15, 0.2) is 11.5 Å². The normalized spacial score (nSPS) is 20.4. The molecular formula is C28H25ClFN3O6. The SMILES string of the molecule is O=C(O[C@@H]1c2ccc(F)cc2C[C@H]1N1CCN(c2cc(Cl)cc3c2OCCO3)CC1)c1ccc([N+](=O)[O-])cc1. The van der Waals surface area contributed by atoms with Gasteiger partial charge in [-0.05, 0) is 47.9 Å². The highest BCUT2D eigenvalue weighted by Crippen LogP contribution is 2.43. The lowest BCUT2D eigenvalue weighted by atomic mass is 10.1. The van der Waals surface area contributed by atoms with Gasteiger partial charge in [-0.15, -0.1) is 0 Å². The molecule has 1 fully saturated rings. The number of hydrogen-bond donors (Lipinski definition) is 0. The summed E-state index contributed by atoms with van der Waals surface area (Å²) in [6.45, 7) is 3.66. The molecule has 2 atom stereocenters. The van der Waals surface area contributed by atoms with E-state index in [0.717, 1.165) is 16.8 Å². The molecule has 0 bridgehead atoms. The molecule has 1 saturated heterocycles. The van der Waals surface area contributed by atoms with E-state index in [1.54, 1.807) is 12.1 Å². The van der Waals surface area contributed by atoms with Crippen molar-refractivity contribution >= 4 is 28.9 Å². The van der Waals surface area contributed by atoms with Gasteiger partial charge in [-0.25, -0.2) is 9.18 Å². The van der Waals surface area contributed by atoms with E-state index in [4.69, 9.17) is 25.8 Å². The Bertz CT molecular complexity index is 1430. The number of benzene rings is 3. The Labute approximate surface area is 228 Å². The number of halogens is 2. The maximum atomic E-state index is 14.1. The average Bonchev–Trinajstić information content (AvgIpc) is 3.29. The summed E-state index contributed by atoms with van der Waals surface area (Å²) in [5, 5.41) is 11.5. The molecule has 3 aromatic rings. The van der Waals surface area contributed by atoms with E-state index in [9.17, 15) is 19.3 Å². The van der Waals surface area contributed by atoms with Crippen LogP contribution in [0.2, 0.25) is 5.02 Å². The number of nitro groups is 1. The van der Waals surface area contributed by atoms with Crippen LogP contribution >= 0.6 is 11.6 Å². The fraction of sp³-hybridized carbons (Fsp3) is 0.321. The smallest absolute Gasteiger partial charge is 0.338 e. The maximum absolute atomic E-state index is 14.1. The van der Waals surface area contributed by atoms with Gasteiger partial charge in [0.2, 0.25) is 0 Å². The molecule has 0 saturated carbocycles. The molecule has 0 unspecified atom stereocenters. The summed E-state index contributed by atoms with van der Waals surface area (Å²) in [5.41, 5.74) is 2.57. The van der Waals surface area contributed by atoms with Gasteiger partial charge < -0.3 is 19.1 Å². The molecule has 0 N–H and O–H groups in total. The standard InChI is InChI=1S/C28H25ClFN3O6/c29-19-15-24(27-25(16-19)37-11-12-38-27)32-9-7-31(8-10-32)23-14-18-13-20(30)3-6-22(18)26(23)39-28(34)17-1-4-21(5-2-17)33(35)36/h1-6,13,15-16,23,26H,7-12,14H2/t23-,26-/m1/s1. The Morgan fingerprint density at radius 2 is 1.77 bits per heavy atom. The van der Waals surface area contributed by atoms with Crippen molar-refractivity contribution in [2.24, 2.45) is 0 Å². The molecule has 2 heterocycles. The van der Waals surface area contributed by atoms with E-state index >= 15 is 0 Å². The molecule has 0 spiro atoms. The van der Waals surface area contributed by atoms with Gasteiger partial charge in [0, 0.05) is 49.4 Å². The number of anilines is 1. The monoisotopic (exact) mass is 553 g/mol. The van der Waals surface area contributed by atoms with Crippen molar-refractivity contribution < 1.29 is 28.3 Å². The summed E-state index contributed by atoms with van der Waals surface area (Å²) in [4.78, 5) is 28.0. The molecule has 0 aromatic heterocycles. The molecule has 1 aliphatic carbocycles. The lowest BCUT2D eigenvalue weighted by Gasteiger charge is -2.41. The van der Waals surface area contributed by atoms with Gasteiger partial charge >= 0.3 is 5.97 Å². The second-order valence-electron chi connectivity index (χ2n) is 9.72. The van der Waals surface area contributed by atoms with E-state index in [0.29, 0.717) is 62.3 Å². The molecule has 2 aliphatic heterocycles. The number of nitrogens with zero attached hydrogens (tertiary/aromatic N) is 3. The van der Waals surface area contributed by atoms with E-state index in [-0.39, 0.29) is 23.1 Å². The summed E-state index contributed by atoms with van der Waals surface area (Å²) >= 11 is 6.35. The molecule has 0 radical (unpaired) electrons. The number of carbonyl (C=O) groups excluding carboxylic acids is 1. The van der Waals surface area contributed by atoms with Gasteiger partial charge in [-0.3, -0.25) is 15.0 Å². The quantitative estimate of drug-likeness (QED) is 0.253. The lowest BCUT2D eigenvalue weighted by molar-refractivity contribution is -0.384. The highest BCUT2D eigenvalue weighted by Gasteiger charge is 2.40. The number of hydrogen-bond acceptors (Lipinski definition) is 8. The molecule has 202 valence electrons. The molecule has 3 aliphatic rings. The zero-order valence-electron chi connectivity index (χ0n) is 20.8. The third-order valence-corrected chi connectivity index (χ3v) is 7.67. The van der Waals surface area contributed by atoms with Crippen LogP contribution in [0.25, 0.3) is 0 Å². The van der Waals surface area contributed by atoms with Gasteiger partial charge in [0.25, 0.3) is 5.69 Å². The van der Waals surface area contributed by atoms with Crippen LogP contribution in [0.1, 0.15) is 27.6 Å². The van der Waals surface area contributed by atoms with E-state index in [1.165, 1.54) is 36.4 Å². The highest BCUT2D eigenvalue weighted by atomic mass is 35.5. The predicted octanol–water partition coefficient (Wildman–Crippen LogP) is 4.80. The highest BCUT2D eigenvalue weighted by molar-refractivity contribution is 6.31. The first-order valence-electron chi connectivity index (χ1n) is 12.7. The van der Waals surface area contributed by atoms with Crippen LogP contribution in [0.4, 0.5) is 15.8 Å². The minimum atomic E-state index is -0.606. The van der Waals surface area contributed by atoms with Gasteiger partial charge in [-0.2, -0.15) is 0 Å². The van der Waals surface area contributed by atoms with Gasteiger partial charge in [0.1, 0.15) is 25.1 Å². The summed E-state index contributed by atoms with van der Waals surface area (Å²) in [6, 6.07) is 13.3. The zero-order valence-corrected chi connectivity index (χ0v) is 21.6. The average molecular weight is 554 g/mol. The number of ether oxygens (including phenoxy) is 3. The Morgan fingerprint density at radius 1 is 1.03 bits per heavy atom. The first kappa shape index (κ1) is 25.4. The topological polar surface area (TPSA) is 94.4 Å². The third-order valence-electron chi connectivity index (χ3n) is 7.45. The number of piperazine rings is 1. The van der Waals surface area contributed by atoms with Crippen molar-refractivity contribution in [2.45, 2.75) is 18.6 Å². The first-order valence-corrected chi connectivity index (χ1v) is 13.1. The Kier molecular flexibility index (Phi) is 6.74. The van der Waals surface area contributed by atoms with Gasteiger partial charge in [-0.1, -0.05) is 17.7 Å². The molecule has 39 heavy (non-hydrogen) atoms. The Hall–Kier alpha value is -3.89. The second-order valence-corrected chi connectivity index (χ2v) is 10.2. The van der Waals surface area contributed by atoms with Crippen molar-refractivity contribution in [1.29, 1.82) is 0 Å². The molecule has 0 amide bonds. The van der Waals surface area contributed by atoms with E-state index in [2.05, 4.69) is 9.80 Å². The Balaban J connectivity index is 1.21. The second kappa shape index (κ2) is 10.3. The van der Waals surface area contributed by atoms with Crippen LogP contribution < -0.4 is 14.4 Å². The van der Waals surface area contributed by atoms with Crippen molar-refractivity contribution in [2.75, 3.05) is 44.3 Å². The van der Waals surface area contributed by atoms with Crippen LogP contribution in [0.5, 0.6) is 11.5 Å². The van der Waals surface area contributed by atoms with Crippen molar-refractivity contribution in [3.05, 3.63) is 92.2 Å². The molecule has 9 nitrogen and oxygen atoms in total. The summed E-state index contributed by atoms with van der Waals surface area (Å²) in [6.07, 6.45) is -0.0695. The zero-order chi connectivity index (χ0) is 27.1. The van der Waals surface area contributed by atoms with Crippen molar-refractivity contribution in [3.8, 4) is 11.5 Å². The van der Waals surface area contributed by atoms with Crippen LogP contribution in [0, 0.1) is 15.9 Å². The number of esters is 1. The minimum absolute atomic E-state index is 0.109. The molecule has 11 heteroatoms. The number of rotatable bonds is 5. The fourth-order valence-electron chi connectivity index (χ4n) is 5.57. The minimum Gasteiger partial charge on any atom is -0.486 e. The fourth-order valence-corrected chi connectivity index (χ4v) is 5.77. The van der Waals surface area contributed by atoms with Crippen LogP contribution in [0.15, 0.2) is 54.6 Å². The van der Waals surface area contributed by atoms with Crippen LogP contribution in [-0.2, 0) is 11.2 Å². The summed E-state index contributed by atoms with van der Waals surface area (Å²) in [5.74, 6) is 0.404. The summed E-state index contributed by atoms with van der Waals surface area (Å²) < 4.78 is 31.7. The van der Waals surface area contributed by atoms with Crippen LogP contribution in [0.3, 0.4) is 0 Å². The molecule has 6 rings (SSSR count). The Morgan fingerprint density at radius 3 is 2.51 bits per heavy atom. The van der Waals surface area contributed by atoms with E-state index < -0.39 is 17.0 Å². The summed E-state index contributed by atoms with van der Waals surface area (Å²) in [7, 11) is 0.